The van der Waals surface area contributed by atoms with Gasteiger partial charge in [0.2, 0.25) is 11.8 Å². The lowest BCUT2D eigenvalue weighted by atomic mass is 10.0. The van der Waals surface area contributed by atoms with Gasteiger partial charge in [-0.2, -0.15) is 0 Å². The van der Waals surface area contributed by atoms with Gasteiger partial charge in [0.05, 0.1) is 7.11 Å². The summed E-state index contributed by atoms with van der Waals surface area (Å²) in [6, 6.07) is 0.301. The minimum Gasteiger partial charge on any atom is -0.466 e. The molecule has 7 heteroatoms. The summed E-state index contributed by atoms with van der Waals surface area (Å²) in [6.07, 6.45) is 36.7. The summed E-state index contributed by atoms with van der Waals surface area (Å²) < 4.78 is 4.55. The number of hydrogen-bond donors (Lipinski definition) is 1. The van der Waals surface area contributed by atoms with Gasteiger partial charge in [0.25, 0.3) is 0 Å². The third-order valence-corrected chi connectivity index (χ3v) is 7.30. The second-order valence-electron chi connectivity index (χ2n) is 10.6. The van der Waals surface area contributed by atoms with E-state index in [4.69, 9.17) is 0 Å². The number of rotatable bonds is 18. The molecule has 0 bridgehead atoms. The van der Waals surface area contributed by atoms with E-state index in [-0.39, 0.29) is 11.8 Å². The Bertz CT molecular complexity index is 1020. The van der Waals surface area contributed by atoms with Crippen LogP contribution in [0.3, 0.4) is 0 Å². The van der Waals surface area contributed by atoms with Gasteiger partial charge in [0.1, 0.15) is 0 Å². The average molecular weight is 578 g/mol. The first-order valence-electron chi connectivity index (χ1n) is 15.5. The highest BCUT2D eigenvalue weighted by atomic mass is 16.5. The first-order chi connectivity index (χ1) is 20.5. The largest absolute Gasteiger partial charge is 0.466 e. The van der Waals surface area contributed by atoms with E-state index in [1.165, 1.54) is 19.3 Å². The van der Waals surface area contributed by atoms with E-state index >= 15 is 0 Å². The monoisotopic (exact) mass is 577 g/mol. The zero-order valence-electron chi connectivity index (χ0n) is 25.7. The number of carbonyl (C=O) groups excluding carboxylic acids is 3. The van der Waals surface area contributed by atoms with Crippen LogP contribution < -0.4 is 5.32 Å². The maximum Gasteiger partial charge on any atom is 0.330 e. The Morgan fingerprint density at radius 1 is 0.762 bits per heavy atom. The van der Waals surface area contributed by atoms with Crippen molar-refractivity contribution in [3.05, 3.63) is 85.1 Å². The maximum atomic E-state index is 12.3. The Morgan fingerprint density at radius 2 is 1.33 bits per heavy atom. The van der Waals surface area contributed by atoms with E-state index in [1.54, 1.807) is 4.90 Å². The first kappa shape index (κ1) is 34.7. The van der Waals surface area contributed by atoms with Gasteiger partial charge < -0.3 is 15.0 Å². The number of piperazine rings is 1. The standard InChI is InChI=1S/C35H51N3O4/c1-3-4-5-6-7-8-9-10-11-12-13-14-15-16-17-18-19-20-21-22-33(39)36-28-31-27-32-30-38(26-25-37(32)29-31)34(40)23-24-35(41)42-2/h4-5,7-8,10-11,13-14,16-17,19-20,23-24,31-32H,3,6,9,12,15,18,21-22,25-30H2,1-2H3,(H,36,39)/b5-4-,8-7-,11-10-,14-13-,17-16-,20-19-,24-23?. The Kier molecular flexibility index (Phi) is 18.4. The topological polar surface area (TPSA) is 79.0 Å². The number of amides is 2. The van der Waals surface area contributed by atoms with E-state index in [2.05, 4.69) is 94.8 Å². The van der Waals surface area contributed by atoms with Gasteiger partial charge in [0, 0.05) is 57.3 Å². The van der Waals surface area contributed by atoms with Gasteiger partial charge in [-0.25, -0.2) is 4.79 Å². The van der Waals surface area contributed by atoms with Gasteiger partial charge in [-0.3, -0.25) is 14.5 Å². The van der Waals surface area contributed by atoms with E-state index in [0.29, 0.717) is 38.0 Å². The van der Waals surface area contributed by atoms with Crippen LogP contribution in [0.5, 0.6) is 0 Å². The first-order valence-corrected chi connectivity index (χ1v) is 15.5. The third-order valence-electron chi connectivity index (χ3n) is 7.30. The van der Waals surface area contributed by atoms with E-state index in [0.717, 1.165) is 64.5 Å². The van der Waals surface area contributed by atoms with E-state index in [9.17, 15) is 14.4 Å². The fraction of sp³-hybridized carbons (Fsp3) is 0.514. The molecule has 0 aromatic rings. The average Bonchev–Trinajstić information content (AvgIpc) is 3.42. The van der Waals surface area contributed by atoms with Crippen molar-refractivity contribution in [1.82, 2.24) is 15.1 Å². The molecule has 2 atom stereocenters. The summed E-state index contributed by atoms with van der Waals surface area (Å²) in [7, 11) is 1.29. The van der Waals surface area contributed by atoms with Crippen molar-refractivity contribution in [3.8, 4) is 0 Å². The molecule has 2 unspecified atom stereocenters. The summed E-state index contributed by atoms with van der Waals surface area (Å²) in [4.78, 5) is 40.1. The predicted octanol–water partition coefficient (Wildman–Crippen LogP) is 5.84. The fourth-order valence-electron chi connectivity index (χ4n) is 5.01. The smallest absolute Gasteiger partial charge is 0.330 e. The minimum atomic E-state index is -0.528. The van der Waals surface area contributed by atoms with Crippen molar-refractivity contribution in [2.24, 2.45) is 5.92 Å². The molecule has 2 aliphatic heterocycles. The molecule has 2 aliphatic rings. The Hall–Kier alpha value is -3.45. The summed E-state index contributed by atoms with van der Waals surface area (Å²) in [5.74, 6) is -0.208. The zero-order chi connectivity index (χ0) is 30.3. The second-order valence-corrected chi connectivity index (χ2v) is 10.6. The number of nitrogens with one attached hydrogen (secondary N) is 1. The summed E-state index contributed by atoms with van der Waals surface area (Å²) in [5.41, 5.74) is 0. The number of methoxy groups -OCH3 is 1. The number of hydrogen-bond acceptors (Lipinski definition) is 5. The van der Waals surface area contributed by atoms with Gasteiger partial charge in [-0.15, -0.1) is 0 Å². The van der Waals surface area contributed by atoms with Crippen LogP contribution in [-0.4, -0.2) is 73.5 Å². The van der Waals surface area contributed by atoms with Crippen LogP contribution in [0.15, 0.2) is 85.1 Å². The number of carbonyl (C=O) groups is 3. The lowest BCUT2D eigenvalue weighted by molar-refractivity contribution is -0.135. The van der Waals surface area contributed by atoms with Crippen molar-refractivity contribution < 1.29 is 19.1 Å². The Balaban J connectivity index is 1.49. The Morgan fingerprint density at radius 3 is 1.90 bits per heavy atom. The number of esters is 1. The van der Waals surface area contributed by atoms with Crippen molar-refractivity contribution in [3.63, 3.8) is 0 Å². The van der Waals surface area contributed by atoms with Gasteiger partial charge in [0.15, 0.2) is 0 Å². The summed E-state index contributed by atoms with van der Waals surface area (Å²) >= 11 is 0. The summed E-state index contributed by atoms with van der Waals surface area (Å²) in [5, 5.41) is 3.09. The predicted molar refractivity (Wildman–Crippen MR) is 172 cm³/mol. The number of fused-ring (bicyclic) bond motifs is 1. The molecule has 0 saturated carbocycles. The normalized spacial score (nSPS) is 20.0. The molecular weight excluding hydrogens is 526 g/mol. The molecule has 0 spiro atoms. The maximum absolute atomic E-state index is 12.3. The van der Waals surface area contributed by atoms with Crippen LogP contribution in [-0.2, 0) is 19.1 Å². The molecule has 0 radical (unpaired) electrons. The molecular formula is C35H51N3O4. The van der Waals surface area contributed by atoms with Crippen LogP contribution >= 0.6 is 0 Å². The van der Waals surface area contributed by atoms with Crippen molar-refractivity contribution in [2.75, 3.05) is 39.8 Å². The highest BCUT2D eigenvalue weighted by Crippen LogP contribution is 2.26. The van der Waals surface area contributed by atoms with Gasteiger partial charge >= 0.3 is 5.97 Å². The minimum absolute atomic E-state index is 0.0872. The number of nitrogens with zero attached hydrogens (tertiary/aromatic N) is 2. The highest BCUT2D eigenvalue weighted by Gasteiger charge is 2.36. The third kappa shape index (κ3) is 15.5. The molecule has 2 rings (SSSR count). The van der Waals surface area contributed by atoms with Crippen molar-refractivity contribution >= 4 is 17.8 Å². The van der Waals surface area contributed by atoms with Crippen LogP contribution in [0.25, 0.3) is 0 Å². The van der Waals surface area contributed by atoms with Crippen molar-refractivity contribution in [2.45, 2.75) is 70.8 Å². The van der Waals surface area contributed by atoms with Crippen LogP contribution in [0, 0.1) is 5.92 Å². The molecule has 0 aliphatic carbocycles. The molecule has 0 aromatic carbocycles. The quantitative estimate of drug-likeness (QED) is 0.126. The Labute approximate surface area is 253 Å². The molecule has 2 fully saturated rings. The zero-order valence-corrected chi connectivity index (χ0v) is 25.7. The molecule has 7 nitrogen and oxygen atoms in total. The highest BCUT2D eigenvalue weighted by molar-refractivity contribution is 5.94. The number of ether oxygens (including phenoxy) is 1. The number of allylic oxidation sites excluding steroid dienone is 12. The molecule has 230 valence electrons. The second kappa shape index (κ2) is 22.2. The molecule has 1 N–H and O–H groups in total. The van der Waals surface area contributed by atoms with Crippen LogP contribution in [0.4, 0.5) is 0 Å². The molecule has 2 saturated heterocycles. The fourth-order valence-corrected chi connectivity index (χ4v) is 5.01. The molecule has 0 aromatic heterocycles. The van der Waals surface area contributed by atoms with Crippen LogP contribution in [0.2, 0.25) is 0 Å². The van der Waals surface area contributed by atoms with Gasteiger partial charge in [-0.05, 0) is 57.3 Å². The molecule has 42 heavy (non-hydrogen) atoms. The summed E-state index contributed by atoms with van der Waals surface area (Å²) in [6.45, 7) is 5.88. The van der Waals surface area contributed by atoms with E-state index < -0.39 is 5.97 Å². The molecule has 2 heterocycles. The SMILES string of the molecule is CC/C=C\C/C=C\C/C=C\C/C=C\C/C=C\C/C=C\CCC(=O)NCC1CC2CN(C(=O)C=CC(=O)OC)CCN2C1. The van der Waals surface area contributed by atoms with Crippen molar-refractivity contribution in [1.29, 1.82) is 0 Å². The van der Waals surface area contributed by atoms with E-state index in [1.807, 2.05) is 0 Å². The molecule has 2 amide bonds. The lowest BCUT2D eigenvalue weighted by Gasteiger charge is -2.36. The lowest BCUT2D eigenvalue weighted by Crippen LogP contribution is -2.51. The van der Waals surface area contributed by atoms with Crippen LogP contribution in [0.1, 0.15) is 64.7 Å². The van der Waals surface area contributed by atoms with Gasteiger partial charge in [-0.1, -0.05) is 79.8 Å².